The number of fused-ring (bicyclic) bond motifs is 1. The zero-order valence-corrected chi connectivity index (χ0v) is 12.5. The van der Waals surface area contributed by atoms with Crippen molar-refractivity contribution in [3.63, 3.8) is 0 Å². The summed E-state index contributed by atoms with van der Waals surface area (Å²) in [5.74, 6) is -1.19. The van der Waals surface area contributed by atoms with Gasteiger partial charge in [-0.25, -0.2) is 24.5 Å². The van der Waals surface area contributed by atoms with Crippen molar-refractivity contribution < 1.29 is 19.4 Å². The Hall–Kier alpha value is -2.71. The third kappa shape index (κ3) is 3.90. The van der Waals surface area contributed by atoms with Crippen molar-refractivity contribution in [3.05, 3.63) is 18.3 Å². The van der Waals surface area contributed by atoms with Crippen molar-refractivity contribution in [2.45, 2.75) is 38.8 Å². The van der Waals surface area contributed by atoms with E-state index < -0.39 is 23.7 Å². The molecule has 0 bridgehead atoms. The lowest BCUT2D eigenvalue weighted by atomic mass is 10.1. The van der Waals surface area contributed by atoms with Gasteiger partial charge in [0.05, 0.1) is 12.0 Å². The molecule has 0 aromatic carbocycles. The highest BCUT2D eigenvalue weighted by Crippen LogP contribution is 2.12. The van der Waals surface area contributed by atoms with Crippen LogP contribution in [0, 0.1) is 0 Å². The zero-order chi connectivity index (χ0) is 16.3. The summed E-state index contributed by atoms with van der Waals surface area (Å²) >= 11 is 0. The van der Waals surface area contributed by atoms with E-state index in [2.05, 4.69) is 25.3 Å². The van der Waals surface area contributed by atoms with E-state index in [1.807, 2.05) is 0 Å². The third-order valence-electron chi connectivity index (χ3n) is 2.68. The number of H-pyrrole nitrogens is 1. The fraction of sp³-hybridized carbons (Fsp3) is 0.462. The number of aliphatic carboxylic acids is 1. The Labute approximate surface area is 126 Å². The van der Waals surface area contributed by atoms with Gasteiger partial charge in [0, 0.05) is 6.42 Å². The number of carbonyl (C=O) groups excluding carboxylic acids is 1. The normalized spacial score (nSPS) is 12.9. The predicted octanol–water partition coefficient (Wildman–Crippen LogP) is 0.873. The summed E-state index contributed by atoms with van der Waals surface area (Å²) in [6.07, 6.45) is 1.92. The summed E-state index contributed by atoms with van der Waals surface area (Å²) in [5.41, 5.74) is 0.693. The highest BCUT2D eigenvalue weighted by Gasteiger charge is 2.25. The number of alkyl carbamates (subject to hydrolysis) is 1. The minimum atomic E-state index is -1.19. The number of rotatable bonds is 4. The maximum Gasteiger partial charge on any atom is 0.408 e. The molecular weight excluding hydrogens is 290 g/mol. The third-order valence-corrected chi connectivity index (χ3v) is 2.68. The van der Waals surface area contributed by atoms with Crippen LogP contribution >= 0.6 is 0 Å². The first kappa shape index (κ1) is 15.7. The van der Waals surface area contributed by atoms with Crippen molar-refractivity contribution in [1.82, 2.24) is 25.3 Å². The monoisotopic (exact) mass is 307 g/mol. The van der Waals surface area contributed by atoms with Crippen LogP contribution in [0.1, 0.15) is 26.5 Å². The van der Waals surface area contributed by atoms with Gasteiger partial charge in [-0.1, -0.05) is 0 Å². The molecule has 0 aliphatic heterocycles. The van der Waals surface area contributed by atoms with Crippen molar-refractivity contribution in [3.8, 4) is 0 Å². The molecule has 0 saturated carbocycles. The maximum atomic E-state index is 11.7. The Morgan fingerprint density at radius 1 is 1.36 bits per heavy atom. The van der Waals surface area contributed by atoms with Gasteiger partial charge >= 0.3 is 12.1 Å². The van der Waals surface area contributed by atoms with Crippen LogP contribution < -0.4 is 5.32 Å². The first-order chi connectivity index (χ1) is 10.3. The second kappa shape index (κ2) is 5.96. The molecule has 22 heavy (non-hydrogen) atoms. The van der Waals surface area contributed by atoms with Crippen molar-refractivity contribution >= 4 is 23.2 Å². The smallest absolute Gasteiger partial charge is 0.408 e. The van der Waals surface area contributed by atoms with Gasteiger partial charge in [0.1, 0.15) is 23.5 Å². The van der Waals surface area contributed by atoms with Crippen LogP contribution in [0.25, 0.3) is 11.2 Å². The van der Waals surface area contributed by atoms with Crippen molar-refractivity contribution in [1.29, 1.82) is 0 Å². The predicted molar refractivity (Wildman–Crippen MR) is 76.2 cm³/mol. The minimum absolute atomic E-state index is 0.0293. The van der Waals surface area contributed by atoms with Crippen LogP contribution in [0.4, 0.5) is 4.79 Å². The number of amides is 1. The standard InChI is InChI=1S/C13H17N5O4/c1-13(2,3)22-12(21)18-8(11(19)20)4-7-9-10(16-5-14-7)17-6-15-9/h5-6,8H,4H2,1-3H3,(H,18,21)(H,19,20)(H,14,15,16,17)/t8-/m1/s1. The number of carbonyl (C=O) groups is 2. The molecule has 0 radical (unpaired) electrons. The quantitative estimate of drug-likeness (QED) is 0.764. The Kier molecular flexibility index (Phi) is 4.25. The van der Waals surface area contributed by atoms with Crippen LogP contribution in [0.3, 0.4) is 0 Å². The lowest BCUT2D eigenvalue weighted by Crippen LogP contribution is -2.44. The molecule has 0 aliphatic carbocycles. The molecule has 2 aromatic rings. The highest BCUT2D eigenvalue weighted by atomic mass is 16.6. The molecule has 1 amide bonds. The van der Waals surface area contributed by atoms with Gasteiger partial charge in [0.2, 0.25) is 0 Å². The van der Waals surface area contributed by atoms with Gasteiger partial charge in [-0.05, 0) is 20.8 Å². The molecule has 9 nitrogen and oxygen atoms in total. The Morgan fingerprint density at radius 2 is 2.09 bits per heavy atom. The van der Waals surface area contributed by atoms with Gasteiger partial charge in [-0.15, -0.1) is 0 Å². The largest absolute Gasteiger partial charge is 0.480 e. The number of aromatic nitrogens is 4. The number of imidazole rings is 1. The molecule has 2 heterocycles. The SMILES string of the molecule is CC(C)(C)OC(=O)N[C@H](Cc1ncnc2[nH]cnc12)C(=O)O. The van der Waals surface area contributed by atoms with E-state index in [4.69, 9.17) is 4.74 Å². The van der Waals surface area contributed by atoms with Gasteiger partial charge in [0.15, 0.2) is 5.65 Å². The fourth-order valence-electron chi connectivity index (χ4n) is 1.81. The molecule has 1 atom stereocenters. The molecular formula is C13H17N5O4. The summed E-state index contributed by atoms with van der Waals surface area (Å²) in [5, 5.41) is 11.6. The lowest BCUT2D eigenvalue weighted by molar-refractivity contribution is -0.139. The maximum absolute atomic E-state index is 11.7. The molecule has 3 N–H and O–H groups in total. The van der Waals surface area contributed by atoms with E-state index in [0.29, 0.717) is 16.9 Å². The van der Waals surface area contributed by atoms with E-state index >= 15 is 0 Å². The minimum Gasteiger partial charge on any atom is -0.480 e. The van der Waals surface area contributed by atoms with Crippen LogP contribution in [0.15, 0.2) is 12.7 Å². The number of carboxylic acids is 1. The molecule has 0 saturated heterocycles. The Bertz CT molecular complexity index is 691. The van der Waals surface area contributed by atoms with E-state index in [0.717, 1.165) is 0 Å². The second-order valence-corrected chi connectivity index (χ2v) is 5.66. The van der Waals surface area contributed by atoms with Gasteiger partial charge < -0.3 is 20.1 Å². The number of nitrogens with zero attached hydrogens (tertiary/aromatic N) is 3. The highest BCUT2D eigenvalue weighted by molar-refractivity contribution is 5.81. The first-order valence-electron chi connectivity index (χ1n) is 6.61. The molecule has 2 aromatic heterocycles. The Morgan fingerprint density at radius 3 is 2.73 bits per heavy atom. The number of hydrogen-bond acceptors (Lipinski definition) is 6. The number of aromatic amines is 1. The fourth-order valence-corrected chi connectivity index (χ4v) is 1.81. The summed E-state index contributed by atoms with van der Waals surface area (Å²) in [6, 6.07) is -1.18. The van der Waals surface area contributed by atoms with E-state index in [9.17, 15) is 14.7 Å². The molecule has 0 spiro atoms. The molecule has 0 unspecified atom stereocenters. The van der Waals surface area contributed by atoms with Crippen LogP contribution in [0.5, 0.6) is 0 Å². The number of ether oxygens (including phenoxy) is 1. The first-order valence-corrected chi connectivity index (χ1v) is 6.61. The van der Waals surface area contributed by atoms with Crippen molar-refractivity contribution in [2.75, 3.05) is 0 Å². The molecule has 2 rings (SSSR count). The van der Waals surface area contributed by atoms with Crippen molar-refractivity contribution in [2.24, 2.45) is 0 Å². The number of hydrogen-bond donors (Lipinski definition) is 3. The summed E-state index contributed by atoms with van der Waals surface area (Å²) in [7, 11) is 0. The van der Waals surface area contributed by atoms with E-state index in [-0.39, 0.29) is 6.42 Å². The second-order valence-electron chi connectivity index (χ2n) is 5.66. The molecule has 0 fully saturated rings. The molecule has 0 aliphatic rings. The average Bonchev–Trinajstić information content (AvgIpc) is 2.84. The van der Waals surface area contributed by atoms with Crippen LogP contribution in [0.2, 0.25) is 0 Å². The van der Waals surface area contributed by atoms with Crippen LogP contribution in [-0.4, -0.2) is 48.7 Å². The van der Waals surface area contributed by atoms with E-state index in [1.54, 1.807) is 20.8 Å². The summed E-state index contributed by atoms with van der Waals surface area (Å²) < 4.78 is 5.06. The van der Waals surface area contributed by atoms with Gasteiger partial charge in [0.25, 0.3) is 0 Å². The average molecular weight is 307 g/mol. The molecule has 118 valence electrons. The number of carboxylic acid groups (broad SMARTS) is 1. The topological polar surface area (TPSA) is 130 Å². The van der Waals surface area contributed by atoms with E-state index in [1.165, 1.54) is 12.7 Å². The van der Waals surface area contributed by atoms with Gasteiger partial charge in [-0.3, -0.25) is 0 Å². The summed E-state index contributed by atoms with van der Waals surface area (Å²) in [6.45, 7) is 5.08. The number of nitrogens with one attached hydrogen (secondary N) is 2. The summed E-state index contributed by atoms with van der Waals surface area (Å²) in [4.78, 5) is 37.9. The molecule has 9 heteroatoms. The lowest BCUT2D eigenvalue weighted by Gasteiger charge is -2.21. The van der Waals surface area contributed by atoms with Crippen LogP contribution in [-0.2, 0) is 16.0 Å². The zero-order valence-electron chi connectivity index (χ0n) is 12.5. The van der Waals surface area contributed by atoms with Gasteiger partial charge in [-0.2, -0.15) is 0 Å². The Balaban J connectivity index is 2.14.